The molecule has 4 rings (SSSR count). The molecule has 138 valence electrons. The molecular weight excluding hydrogens is 365 g/mol. The summed E-state index contributed by atoms with van der Waals surface area (Å²) in [6.45, 7) is 0.847. The molecule has 0 aliphatic carbocycles. The molecule has 0 saturated heterocycles. The molecule has 6 heteroatoms. The van der Waals surface area contributed by atoms with Gasteiger partial charge in [0.15, 0.2) is 0 Å². The average molecular weight is 383 g/mol. The molecule has 0 bridgehead atoms. The molecule has 4 nitrogen and oxygen atoms in total. The van der Waals surface area contributed by atoms with E-state index >= 15 is 0 Å². The number of rotatable bonds is 4. The summed E-state index contributed by atoms with van der Waals surface area (Å²) in [4.78, 5) is 0.230. The number of nitrogens with zero attached hydrogens (tertiary/aromatic N) is 1. The Bertz CT molecular complexity index is 1050. The van der Waals surface area contributed by atoms with Crippen LogP contribution < -0.4 is 4.74 Å². The first-order valence-electron chi connectivity index (χ1n) is 8.63. The van der Waals surface area contributed by atoms with Crippen LogP contribution in [0.2, 0.25) is 0 Å². The number of sulfonamides is 1. The molecule has 0 amide bonds. The lowest BCUT2D eigenvalue weighted by molar-refractivity contribution is 0.391. The van der Waals surface area contributed by atoms with Crippen molar-refractivity contribution in [1.29, 1.82) is 0 Å². The highest BCUT2D eigenvalue weighted by molar-refractivity contribution is 7.89. The van der Waals surface area contributed by atoms with Crippen molar-refractivity contribution >= 4 is 10.0 Å². The minimum Gasteiger partial charge on any atom is -0.457 e. The van der Waals surface area contributed by atoms with Gasteiger partial charge in [0.05, 0.1) is 4.90 Å². The van der Waals surface area contributed by atoms with Gasteiger partial charge in [-0.1, -0.05) is 24.3 Å². The lowest BCUT2D eigenvalue weighted by Gasteiger charge is -2.28. The van der Waals surface area contributed by atoms with Gasteiger partial charge in [0.25, 0.3) is 0 Å². The zero-order chi connectivity index (χ0) is 18.9. The Morgan fingerprint density at radius 3 is 2.07 bits per heavy atom. The van der Waals surface area contributed by atoms with Crippen molar-refractivity contribution in [3.05, 3.63) is 89.7 Å². The SMILES string of the molecule is O=S(=O)(c1ccc(Oc2ccc(F)cc2)cc1)N1CCc2ccccc2C1. The van der Waals surface area contributed by atoms with E-state index in [2.05, 4.69) is 0 Å². The Morgan fingerprint density at radius 1 is 0.815 bits per heavy atom. The van der Waals surface area contributed by atoms with Crippen LogP contribution in [-0.2, 0) is 23.0 Å². The predicted octanol–water partition coefficient (Wildman–Crippen LogP) is 4.37. The second-order valence-electron chi connectivity index (χ2n) is 6.38. The zero-order valence-electron chi connectivity index (χ0n) is 14.5. The van der Waals surface area contributed by atoms with E-state index in [1.54, 1.807) is 12.1 Å². The number of halogens is 1. The summed E-state index contributed by atoms with van der Waals surface area (Å²) < 4.78 is 46.0. The van der Waals surface area contributed by atoms with Crippen LogP contribution in [0, 0.1) is 5.82 Å². The van der Waals surface area contributed by atoms with Crippen molar-refractivity contribution in [2.45, 2.75) is 17.9 Å². The molecule has 0 saturated carbocycles. The van der Waals surface area contributed by atoms with Crippen LogP contribution >= 0.6 is 0 Å². The van der Waals surface area contributed by atoms with Crippen molar-refractivity contribution in [3.8, 4) is 11.5 Å². The molecular formula is C21H18FNO3S. The van der Waals surface area contributed by atoms with Crippen molar-refractivity contribution in [2.75, 3.05) is 6.54 Å². The van der Waals surface area contributed by atoms with Crippen molar-refractivity contribution < 1.29 is 17.5 Å². The van der Waals surface area contributed by atoms with Gasteiger partial charge in [-0.05, 0) is 66.1 Å². The Kier molecular flexibility index (Phi) is 4.68. The van der Waals surface area contributed by atoms with Gasteiger partial charge in [0.2, 0.25) is 10.0 Å². The molecule has 0 radical (unpaired) electrons. The van der Waals surface area contributed by atoms with Crippen LogP contribution in [0.5, 0.6) is 11.5 Å². The third kappa shape index (κ3) is 3.72. The highest BCUT2D eigenvalue weighted by Gasteiger charge is 2.28. The summed E-state index contributed by atoms with van der Waals surface area (Å²) in [5, 5.41) is 0. The molecule has 1 aliphatic heterocycles. The summed E-state index contributed by atoms with van der Waals surface area (Å²) in [6.07, 6.45) is 0.709. The largest absolute Gasteiger partial charge is 0.457 e. The highest BCUT2D eigenvalue weighted by atomic mass is 32.2. The lowest BCUT2D eigenvalue weighted by atomic mass is 10.0. The standard InChI is InChI=1S/C21H18FNO3S/c22-18-5-7-19(8-6-18)26-20-9-11-21(12-10-20)27(24,25)23-14-13-16-3-1-2-4-17(16)15-23/h1-12H,13-15H2. The maximum atomic E-state index is 13.0. The molecule has 27 heavy (non-hydrogen) atoms. The van der Waals surface area contributed by atoms with Crippen LogP contribution in [0.1, 0.15) is 11.1 Å². The Balaban J connectivity index is 1.52. The van der Waals surface area contributed by atoms with Crippen LogP contribution in [0.25, 0.3) is 0 Å². The van der Waals surface area contributed by atoms with E-state index < -0.39 is 10.0 Å². The van der Waals surface area contributed by atoms with Gasteiger partial charge < -0.3 is 4.74 Å². The normalized spacial score (nSPS) is 14.6. The number of ether oxygens (including phenoxy) is 1. The summed E-state index contributed by atoms with van der Waals surface area (Å²) >= 11 is 0. The maximum Gasteiger partial charge on any atom is 0.243 e. The van der Waals surface area contributed by atoms with Crippen molar-refractivity contribution in [1.82, 2.24) is 4.31 Å². The van der Waals surface area contributed by atoms with Crippen LogP contribution in [-0.4, -0.2) is 19.3 Å². The third-order valence-electron chi connectivity index (χ3n) is 4.61. The smallest absolute Gasteiger partial charge is 0.243 e. The molecule has 1 heterocycles. The molecule has 3 aromatic carbocycles. The first kappa shape index (κ1) is 17.7. The van der Waals surface area contributed by atoms with E-state index in [-0.39, 0.29) is 10.7 Å². The van der Waals surface area contributed by atoms with Gasteiger partial charge in [-0.15, -0.1) is 0 Å². The molecule has 0 fully saturated rings. The van der Waals surface area contributed by atoms with Gasteiger partial charge in [0.1, 0.15) is 17.3 Å². The van der Waals surface area contributed by atoms with Gasteiger partial charge in [0, 0.05) is 13.1 Å². The first-order valence-corrected chi connectivity index (χ1v) is 10.1. The van der Waals surface area contributed by atoms with E-state index in [9.17, 15) is 12.8 Å². The summed E-state index contributed by atoms with van der Waals surface area (Å²) in [5.41, 5.74) is 2.25. The van der Waals surface area contributed by atoms with Crippen molar-refractivity contribution in [3.63, 3.8) is 0 Å². The summed E-state index contributed by atoms with van der Waals surface area (Å²) in [7, 11) is -3.57. The monoisotopic (exact) mass is 383 g/mol. The van der Waals surface area contributed by atoms with Crippen LogP contribution in [0.15, 0.2) is 77.7 Å². The predicted molar refractivity (Wildman–Crippen MR) is 101 cm³/mol. The van der Waals surface area contributed by atoms with Crippen LogP contribution in [0.3, 0.4) is 0 Å². The Labute approximate surface area is 157 Å². The van der Waals surface area contributed by atoms with E-state index in [0.717, 1.165) is 5.56 Å². The van der Waals surface area contributed by atoms with Gasteiger partial charge >= 0.3 is 0 Å². The summed E-state index contributed by atoms with van der Waals surface area (Å²) in [6, 6.07) is 19.9. The minimum atomic E-state index is -3.57. The quantitative estimate of drug-likeness (QED) is 0.672. The number of hydrogen-bond donors (Lipinski definition) is 0. The van der Waals surface area contributed by atoms with Gasteiger partial charge in [-0.2, -0.15) is 4.31 Å². The molecule has 1 aliphatic rings. The lowest BCUT2D eigenvalue weighted by Crippen LogP contribution is -2.35. The summed E-state index contributed by atoms with van der Waals surface area (Å²) in [5.74, 6) is 0.635. The molecule has 0 aromatic heterocycles. The fourth-order valence-electron chi connectivity index (χ4n) is 3.14. The third-order valence-corrected chi connectivity index (χ3v) is 6.47. The zero-order valence-corrected chi connectivity index (χ0v) is 15.3. The number of hydrogen-bond acceptors (Lipinski definition) is 3. The molecule has 0 atom stereocenters. The van der Waals surface area contributed by atoms with E-state index in [1.165, 1.54) is 46.3 Å². The van der Waals surface area contributed by atoms with E-state index in [4.69, 9.17) is 4.74 Å². The average Bonchev–Trinajstić information content (AvgIpc) is 2.70. The molecule has 0 N–H and O–H groups in total. The second kappa shape index (κ2) is 7.13. The van der Waals surface area contributed by atoms with E-state index in [0.29, 0.717) is 31.0 Å². The van der Waals surface area contributed by atoms with Crippen molar-refractivity contribution in [2.24, 2.45) is 0 Å². The first-order chi connectivity index (χ1) is 13.0. The van der Waals surface area contributed by atoms with Crippen LogP contribution in [0.4, 0.5) is 4.39 Å². The fraction of sp³-hybridized carbons (Fsp3) is 0.143. The minimum absolute atomic E-state index is 0.230. The molecule has 0 unspecified atom stereocenters. The van der Waals surface area contributed by atoms with Gasteiger partial charge in [-0.25, -0.2) is 12.8 Å². The highest BCUT2D eigenvalue weighted by Crippen LogP contribution is 2.27. The Morgan fingerprint density at radius 2 is 1.41 bits per heavy atom. The maximum absolute atomic E-state index is 13.0. The molecule has 3 aromatic rings. The topological polar surface area (TPSA) is 46.6 Å². The number of benzene rings is 3. The number of fused-ring (bicyclic) bond motifs is 1. The molecule has 0 spiro atoms. The van der Waals surface area contributed by atoms with Gasteiger partial charge in [-0.3, -0.25) is 0 Å². The Hall–Kier alpha value is -2.70. The second-order valence-corrected chi connectivity index (χ2v) is 8.32. The fourth-order valence-corrected chi connectivity index (χ4v) is 4.56. The van der Waals surface area contributed by atoms with E-state index in [1.807, 2.05) is 24.3 Å².